The summed E-state index contributed by atoms with van der Waals surface area (Å²) in [7, 11) is 0. The standard InChI is InChI=1S/C19H14N2O3S/c22-21(23)15-9-11-16(12-10-15)25-20-13-14-5-1-3-7-18(14)24-19-8-4-2-6-17(19)20/h1-12H,13H2. The van der Waals surface area contributed by atoms with Crippen molar-refractivity contribution in [2.45, 2.75) is 11.4 Å². The third-order valence-electron chi connectivity index (χ3n) is 3.90. The lowest BCUT2D eigenvalue weighted by Crippen LogP contribution is -2.12. The third kappa shape index (κ3) is 3.16. The number of non-ortho nitro benzene ring substituents is 1. The number of nitro benzene ring substituents is 1. The first-order valence-corrected chi connectivity index (χ1v) is 8.53. The van der Waals surface area contributed by atoms with Crippen LogP contribution >= 0.6 is 11.9 Å². The van der Waals surface area contributed by atoms with E-state index in [0.717, 1.165) is 27.6 Å². The van der Waals surface area contributed by atoms with E-state index in [0.29, 0.717) is 6.54 Å². The van der Waals surface area contributed by atoms with Gasteiger partial charge in [0.15, 0.2) is 5.75 Å². The maximum atomic E-state index is 10.8. The van der Waals surface area contributed by atoms with Gasteiger partial charge in [0.2, 0.25) is 0 Å². The quantitative estimate of drug-likeness (QED) is 0.359. The van der Waals surface area contributed by atoms with E-state index in [9.17, 15) is 10.1 Å². The number of ether oxygens (including phenoxy) is 1. The molecule has 0 aliphatic carbocycles. The van der Waals surface area contributed by atoms with E-state index in [4.69, 9.17) is 4.74 Å². The Labute approximate surface area is 149 Å². The Kier molecular flexibility index (Phi) is 4.03. The lowest BCUT2D eigenvalue weighted by atomic mass is 10.2. The summed E-state index contributed by atoms with van der Waals surface area (Å²) in [5.41, 5.74) is 2.16. The highest BCUT2D eigenvalue weighted by atomic mass is 32.2. The molecule has 0 unspecified atom stereocenters. The molecule has 0 atom stereocenters. The molecule has 3 aromatic rings. The minimum Gasteiger partial charge on any atom is -0.455 e. The molecular weight excluding hydrogens is 336 g/mol. The van der Waals surface area contributed by atoms with Gasteiger partial charge in [0.25, 0.3) is 5.69 Å². The predicted octanol–water partition coefficient (Wildman–Crippen LogP) is 5.41. The van der Waals surface area contributed by atoms with E-state index in [-0.39, 0.29) is 10.6 Å². The molecule has 0 fully saturated rings. The van der Waals surface area contributed by atoms with Crippen LogP contribution in [-0.4, -0.2) is 4.92 Å². The summed E-state index contributed by atoms with van der Waals surface area (Å²) in [5, 5.41) is 10.8. The molecule has 0 bridgehead atoms. The van der Waals surface area contributed by atoms with Crippen LogP contribution in [0.25, 0.3) is 0 Å². The number of hydrogen-bond donors (Lipinski definition) is 0. The summed E-state index contributed by atoms with van der Waals surface area (Å²) in [4.78, 5) is 11.4. The molecule has 0 amide bonds. The predicted molar refractivity (Wildman–Crippen MR) is 98.1 cm³/mol. The summed E-state index contributed by atoms with van der Waals surface area (Å²) in [6.45, 7) is 0.675. The SMILES string of the molecule is O=[N+]([O-])c1ccc(SN2Cc3ccccc3Oc3ccccc32)cc1. The summed E-state index contributed by atoms with van der Waals surface area (Å²) in [5.74, 6) is 1.64. The van der Waals surface area contributed by atoms with Crippen molar-refractivity contribution >= 4 is 23.3 Å². The molecule has 6 heteroatoms. The number of anilines is 1. The molecule has 124 valence electrons. The molecule has 0 saturated carbocycles. The Balaban J connectivity index is 1.69. The van der Waals surface area contributed by atoms with Crippen LogP contribution in [0.15, 0.2) is 77.7 Å². The van der Waals surface area contributed by atoms with Gasteiger partial charge in [-0.1, -0.05) is 30.3 Å². The fourth-order valence-corrected chi connectivity index (χ4v) is 3.64. The minimum atomic E-state index is -0.389. The van der Waals surface area contributed by atoms with Gasteiger partial charge in [-0.2, -0.15) is 0 Å². The highest BCUT2D eigenvalue weighted by Crippen LogP contribution is 2.43. The third-order valence-corrected chi connectivity index (χ3v) is 4.93. The van der Waals surface area contributed by atoms with E-state index in [1.165, 1.54) is 24.1 Å². The largest absolute Gasteiger partial charge is 0.455 e. The average molecular weight is 350 g/mol. The monoisotopic (exact) mass is 350 g/mol. The number of hydrogen-bond acceptors (Lipinski definition) is 5. The van der Waals surface area contributed by atoms with Crippen molar-refractivity contribution in [1.82, 2.24) is 0 Å². The van der Waals surface area contributed by atoms with Crippen molar-refractivity contribution in [3.8, 4) is 11.5 Å². The van der Waals surface area contributed by atoms with Crippen LogP contribution in [0, 0.1) is 10.1 Å². The van der Waals surface area contributed by atoms with E-state index in [2.05, 4.69) is 4.31 Å². The van der Waals surface area contributed by atoms with Gasteiger partial charge in [0.05, 0.1) is 17.2 Å². The number of para-hydroxylation sites is 3. The van der Waals surface area contributed by atoms with Gasteiger partial charge in [0.1, 0.15) is 5.75 Å². The van der Waals surface area contributed by atoms with Crippen LogP contribution in [-0.2, 0) is 6.54 Å². The van der Waals surface area contributed by atoms with Gasteiger partial charge in [-0.15, -0.1) is 0 Å². The van der Waals surface area contributed by atoms with Crippen LogP contribution in [0.5, 0.6) is 11.5 Å². The van der Waals surface area contributed by atoms with Crippen molar-refractivity contribution < 1.29 is 9.66 Å². The van der Waals surface area contributed by atoms with Crippen LogP contribution in [0.1, 0.15) is 5.56 Å². The van der Waals surface area contributed by atoms with Crippen LogP contribution in [0.3, 0.4) is 0 Å². The molecule has 5 nitrogen and oxygen atoms in total. The number of nitro groups is 1. The summed E-state index contributed by atoms with van der Waals surface area (Å²) < 4.78 is 8.22. The molecular formula is C19H14N2O3S. The topological polar surface area (TPSA) is 55.6 Å². The van der Waals surface area contributed by atoms with Crippen LogP contribution < -0.4 is 9.04 Å². The molecule has 0 N–H and O–H groups in total. The van der Waals surface area contributed by atoms with E-state index in [1.807, 2.05) is 48.5 Å². The first-order valence-electron chi connectivity index (χ1n) is 7.75. The lowest BCUT2D eigenvalue weighted by molar-refractivity contribution is -0.384. The van der Waals surface area contributed by atoms with Gasteiger partial charge >= 0.3 is 0 Å². The molecule has 3 aromatic carbocycles. The fraction of sp³-hybridized carbons (Fsp3) is 0.0526. The molecule has 0 spiro atoms. The first kappa shape index (κ1) is 15.5. The number of fused-ring (bicyclic) bond motifs is 2. The van der Waals surface area contributed by atoms with Crippen LogP contribution in [0.2, 0.25) is 0 Å². The van der Waals surface area contributed by atoms with Crippen molar-refractivity contribution in [1.29, 1.82) is 0 Å². The molecule has 4 rings (SSSR count). The second-order valence-corrected chi connectivity index (χ2v) is 6.65. The molecule has 25 heavy (non-hydrogen) atoms. The zero-order valence-corrected chi connectivity index (χ0v) is 14.0. The highest BCUT2D eigenvalue weighted by Gasteiger charge is 2.21. The van der Waals surface area contributed by atoms with Gasteiger partial charge in [-0.05, 0) is 42.3 Å². The molecule has 0 aromatic heterocycles. The lowest BCUT2D eigenvalue weighted by Gasteiger charge is -2.22. The van der Waals surface area contributed by atoms with Crippen LogP contribution in [0.4, 0.5) is 11.4 Å². The number of benzene rings is 3. The Morgan fingerprint density at radius 3 is 2.36 bits per heavy atom. The molecule has 0 saturated heterocycles. The van der Waals surface area contributed by atoms with Crippen molar-refractivity contribution in [3.63, 3.8) is 0 Å². The smallest absolute Gasteiger partial charge is 0.269 e. The van der Waals surface area contributed by atoms with Crippen molar-refractivity contribution in [2.75, 3.05) is 4.31 Å². The van der Waals surface area contributed by atoms with E-state index in [1.54, 1.807) is 12.1 Å². The van der Waals surface area contributed by atoms with Gasteiger partial charge < -0.3 is 9.04 Å². The maximum Gasteiger partial charge on any atom is 0.269 e. The summed E-state index contributed by atoms with van der Waals surface area (Å²) >= 11 is 1.54. The molecule has 1 aliphatic rings. The van der Waals surface area contributed by atoms with E-state index < -0.39 is 0 Å². The number of nitrogens with zero attached hydrogens (tertiary/aromatic N) is 2. The summed E-state index contributed by atoms with van der Waals surface area (Å²) in [6.07, 6.45) is 0. The number of rotatable bonds is 3. The summed E-state index contributed by atoms with van der Waals surface area (Å²) in [6, 6.07) is 22.4. The Bertz CT molecular complexity index is 928. The zero-order chi connectivity index (χ0) is 17.2. The molecule has 1 heterocycles. The van der Waals surface area contributed by atoms with Gasteiger partial charge in [-0.3, -0.25) is 10.1 Å². The Hall–Kier alpha value is -2.99. The molecule has 0 radical (unpaired) electrons. The van der Waals surface area contributed by atoms with Gasteiger partial charge in [0, 0.05) is 22.6 Å². The average Bonchev–Trinajstić information content (AvgIpc) is 2.79. The first-order chi connectivity index (χ1) is 12.2. The maximum absolute atomic E-state index is 10.8. The normalized spacial score (nSPS) is 12.6. The van der Waals surface area contributed by atoms with Crippen molar-refractivity contribution in [3.05, 3.63) is 88.5 Å². The van der Waals surface area contributed by atoms with Crippen molar-refractivity contribution in [2.24, 2.45) is 0 Å². The fourth-order valence-electron chi connectivity index (χ4n) is 2.68. The van der Waals surface area contributed by atoms with Gasteiger partial charge in [-0.25, -0.2) is 0 Å². The van der Waals surface area contributed by atoms with E-state index >= 15 is 0 Å². The Morgan fingerprint density at radius 1 is 0.920 bits per heavy atom. The minimum absolute atomic E-state index is 0.0919. The molecule has 1 aliphatic heterocycles. The second-order valence-electron chi connectivity index (χ2n) is 5.56. The highest BCUT2D eigenvalue weighted by molar-refractivity contribution is 8.00. The zero-order valence-electron chi connectivity index (χ0n) is 13.2. The second kappa shape index (κ2) is 6.49. The Morgan fingerprint density at radius 2 is 1.60 bits per heavy atom.